The van der Waals surface area contributed by atoms with Crippen molar-refractivity contribution < 1.29 is 14.5 Å². The summed E-state index contributed by atoms with van der Waals surface area (Å²) in [5, 5.41) is 14.0. The van der Waals surface area contributed by atoms with Crippen LogP contribution in [0.4, 0.5) is 22.7 Å². The second-order valence-electron chi connectivity index (χ2n) is 6.09. The standard InChI is InChI=1S/C20H13N3O4/c21-15-8-9-16(22-11-4-3-5-12(10-11)23(26)27)18-17(15)19(24)13-6-1-2-7-14(13)20(18)25/h1-10,22H,21H2. The monoisotopic (exact) mass is 359 g/mol. The molecule has 0 atom stereocenters. The first-order valence-electron chi connectivity index (χ1n) is 8.10. The van der Waals surface area contributed by atoms with Crippen molar-refractivity contribution in [1.82, 2.24) is 0 Å². The Hall–Kier alpha value is -4.00. The lowest BCUT2D eigenvalue weighted by Crippen LogP contribution is -2.23. The van der Waals surface area contributed by atoms with Gasteiger partial charge in [-0.15, -0.1) is 0 Å². The summed E-state index contributed by atoms with van der Waals surface area (Å²) in [6.07, 6.45) is 0. The molecular weight excluding hydrogens is 346 g/mol. The maximum Gasteiger partial charge on any atom is 0.271 e. The Morgan fingerprint density at radius 1 is 0.852 bits per heavy atom. The first-order valence-corrected chi connectivity index (χ1v) is 8.10. The zero-order valence-corrected chi connectivity index (χ0v) is 13.9. The van der Waals surface area contributed by atoms with Gasteiger partial charge in [0.05, 0.1) is 21.7 Å². The zero-order chi connectivity index (χ0) is 19.1. The number of rotatable bonds is 3. The summed E-state index contributed by atoms with van der Waals surface area (Å²) < 4.78 is 0. The number of carbonyl (C=O) groups is 2. The number of fused-ring (bicyclic) bond motifs is 2. The predicted molar refractivity (Wildman–Crippen MR) is 101 cm³/mol. The van der Waals surface area contributed by atoms with Gasteiger partial charge in [-0.3, -0.25) is 19.7 Å². The Balaban J connectivity index is 1.86. The summed E-state index contributed by atoms with van der Waals surface area (Å²) in [4.78, 5) is 36.4. The lowest BCUT2D eigenvalue weighted by atomic mass is 9.82. The van der Waals surface area contributed by atoms with E-state index in [9.17, 15) is 19.7 Å². The van der Waals surface area contributed by atoms with E-state index >= 15 is 0 Å². The molecule has 7 heteroatoms. The number of ketones is 2. The van der Waals surface area contributed by atoms with Crippen LogP contribution in [-0.2, 0) is 0 Å². The molecule has 1 aliphatic carbocycles. The highest BCUT2D eigenvalue weighted by Gasteiger charge is 2.33. The van der Waals surface area contributed by atoms with E-state index < -0.39 is 4.92 Å². The van der Waals surface area contributed by atoms with Gasteiger partial charge in [-0.05, 0) is 18.2 Å². The summed E-state index contributed by atoms with van der Waals surface area (Å²) >= 11 is 0. The van der Waals surface area contributed by atoms with Crippen LogP contribution >= 0.6 is 0 Å². The Labute approximate surface area is 153 Å². The van der Waals surface area contributed by atoms with Crippen LogP contribution in [0.2, 0.25) is 0 Å². The summed E-state index contributed by atoms with van der Waals surface area (Å²) in [5.74, 6) is -0.638. The van der Waals surface area contributed by atoms with Gasteiger partial charge in [0, 0.05) is 34.6 Å². The third-order valence-corrected chi connectivity index (χ3v) is 4.44. The van der Waals surface area contributed by atoms with E-state index in [0.29, 0.717) is 22.5 Å². The number of nitrogens with two attached hydrogens (primary N) is 1. The van der Waals surface area contributed by atoms with Crippen molar-refractivity contribution in [3.63, 3.8) is 0 Å². The van der Waals surface area contributed by atoms with Crippen LogP contribution in [0.5, 0.6) is 0 Å². The molecule has 0 aromatic heterocycles. The smallest absolute Gasteiger partial charge is 0.271 e. The number of benzene rings is 3. The average molecular weight is 359 g/mol. The van der Waals surface area contributed by atoms with E-state index in [1.165, 1.54) is 24.3 Å². The van der Waals surface area contributed by atoms with Gasteiger partial charge in [-0.1, -0.05) is 30.3 Å². The summed E-state index contributed by atoms with van der Waals surface area (Å²) in [6, 6.07) is 15.6. The maximum atomic E-state index is 13.0. The first kappa shape index (κ1) is 16.5. The molecule has 0 spiro atoms. The lowest BCUT2D eigenvalue weighted by Gasteiger charge is -2.22. The van der Waals surface area contributed by atoms with Crippen molar-refractivity contribution in [2.75, 3.05) is 11.1 Å². The normalized spacial score (nSPS) is 12.3. The molecule has 0 saturated carbocycles. The molecule has 0 fully saturated rings. The van der Waals surface area contributed by atoms with Gasteiger partial charge in [0.2, 0.25) is 0 Å². The third kappa shape index (κ3) is 2.62. The third-order valence-electron chi connectivity index (χ3n) is 4.44. The number of nitrogens with one attached hydrogen (secondary N) is 1. The number of non-ortho nitro benzene ring substituents is 1. The minimum Gasteiger partial charge on any atom is -0.398 e. The molecule has 0 amide bonds. The summed E-state index contributed by atoms with van der Waals surface area (Å²) in [7, 11) is 0. The number of anilines is 3. The number of nitrogens with zero attached hydrogens (tertiary/aromatic N) is 1. The topological polar surface area (TPSA) is 115 Å². The maximum absolute atomic E-state index is 13.0. The quantitative estimate of drug-likeness (QED) is 0.327. The molecule has 0 heterocycles. The predicted octanol–water partition coefficient (Wildman–Crippen LogP) is 3.70. The van der Waals surface area contributed by atoms with Crippen LogP contribution < -0.4 is 11.1 Å². The van der Waals surface area contributed by atoms with Gasteiger partial charge >= 0.3 is 0 Å². The SMILES string of the molecule is Nc1ccc(Nc2cccc([N+](=O)[O-])c2)c2c1C(=O)c1ccccc1C2=O. The van der Waals surface area contributed by atoms with Gasteiger partial charge in [-0.2, -0.15) is 0 Å². The molecule has 0 radical (unpaired) electrons. The van der Waals surface area contributed by atoms with Crippen molar-refractivity contribution in [3.05, 3.63) is 93.0 Å². The molecule has 0 bridgehead atoms. The van der Waals surface area contributed by atoms with Crippen molar-refractivity contribution in [2.24, 2.45) is 0 Å². The Morgan fingerprint density at radius 2 is 1.52 bits per heavy atom. The number of nitro groups is 1. The fourth-order valence-electron chi connectivity index (χ4n) is 3.20. The van der Waals surface area contributed by atoms with Gasteiger partial charge < -0.3 is 11.1 Å². The highest BCUT2D eigenvalue weighted by molar-refractivity contribution is 6.31. The molecule has 3 N–H and O–H groups in total. The number of nitro benzene ring substituents is 1. The van der Waals surface area contributed by atoms with E-state index in [1.54, 1.807) is 36.4 Å². The fourth-order valence-corrected chi connectivity index (χ4v) is 3.20. The number of hydrogen-bond donors (Lipinski definition) is 2. The molecule has 27 heavy (non-hydrogen) atoms. The van der Waals surface area contributed by atoms with E-state index in [4.69, 9.17) is 5.73 Å². The van der Waals surface area contributed by atoms with Crippen LogP contribution in [0.3, 0.4) is 0 Å². The fraction of sp³-hybridized carbons (Fsp3) is 0. The minimum absolute atomic E-state index is 0.0861. The van der Waals surface area contributed by atoms with Crippen molar-refractivity contribution in [3.8, 4) is 0 Å². The Kier molecular flexibility index (Phi) is 3.70. The highest BCUT2D eigenvalue weighted by atomic mass is 16.6. The van der Waals surface area contributed by atoms with Crippen LogP contribution in [0.1, 0.15) is 31.8 Å². The van der Waals surface area contributed by atoms with Crippen molar-refractivity contribution in [1.29, 1.82) is 0 Å². The van der Waals surface area contributed by atoms with Crippen molar-refractivity contribution in [2.45, 2.75) is 0 Å². The molecule has 3 aromatic rings. The molecule has 4 rings (SSSR count). The average Bonchev–Trinajstić information content (AvgIpc) is 2.67. The lowest BCUT2D eigenvalue weighted by molar-refractivity contribution is -0.384. The molecular formula is C20H13N3O4. The van der Waals surface area contributed by atoms with E-state index in [1.807, 2.05) is 0 Å². The summed E-state index contributed by atoms with van der Waals surface area (Å²) in [6.45, 7) is 0. The Morgan fingerprint density at radius 3 is 2.19 bits per heavy atom. The van der Waals surface area contributed by atoms with Crippen LogP contribution in [0, 0.1) is 10.1 Å². The minimum atomic E-state index is -0.505. The second-order valence-corrected chi connectivity index (χ2v) is 6.09. The van der Waals surface area contributed by atoms with Gasteiger partial charge in [0.25, 0.3) is 5.69 Å². The molecule has 7 nitrogen and oxygen atoms in total. The van der Waals surface area contributed by atoms with E-state index in [0.717, 1.165) is 0 Å². The van der Waals surface area contributed by atoms with Crippen LogP contribution in [0.25, 0.3) is 0 Å². The van der Waals surface area contributed by atoms with Crippen molar-refractivity contribution >= 4 is 34.3 Å². The molecule has 0 aliphatic heterocycles. The molecule has 1 aliphatic rings. The van der Waals surface area contributed by atoms with E-state index in [2.05, 4.69) is 5.32 Å². The molecule has 3 aromatic carbocycles. The summed E-state index contributed by atoms with van der Waals surface area (Å²) in [5.41, 5.74) is 7.85. The van der Waals surface area contributed by atoms with Crippen LogP contribution in [0.15, 0.2) is 60.7 Å². The van der Waals surface area contributed by atoms with Gasteiger partial charge in [0.15, 0.2) is 11.6 Å². The van der Waals surface area contributed by atoms with Gasteiger partial charge in [0.1, 0.15) is 0 Å². The molecule has 0 saturated heterocycles. The number of hydrogen-bond acceptors (Lipinski definition) is 6. The number of nitrogen functional groups attached to an aromatic ring is 1. The highest BCUT2D eigenvalue weighted by Crippen LogP contribution is 2.36. The molecule has 132 valence electrons. The number of carbonyl (C=O) groups excluding carboxylic acids is 2. The van der Waals surface area contributed by atoms with Gasteiger partial charge in [-0.25, -0.2) is 0 Å². The molecule has 0 unspecified atom stereocenters. The van der Waals surface area contributed by atoms with Crippen LogP contribution in [-0.4, -0.2) is 16.5 Å². The Bertz CT molecular complexity index is 1140. The second kappa shape index (κ2) is 6.06. The van der Waals surface area contributed by atoms with E-state index in [-0.39, 0.29) is 34.1 Å². The largest absolute Gasteiger partial charge is 0.398 e. The first-order chi connectivity index (χ1) is 13.0. The zero-order valence-electron chi connectivity index (χ0n) is 13.9.